The van der Waals surface area contributed by atoms with Crippen LogP contribution in [0.3, 0.4) is 0 Å². The minimum Gasteiger partial charge on any atom is -0.0623 e. The van der Waals surface area contributed by atoms with Crippen LogP contribution < -0.4 is 10.4 Å². The molecule has 1 heteroatoms. The molecular formula is C17H20Si. The first-order valence-electron chi connectivity index (χ1n) is 6.65. The van der Waals surface area contributed by atoms with Gasteiger partial charge >= 0.3 is 0 Å². The van der Waals surface area contributed by atoms with Gasteiger partial charge in [0.1, 0.15) is 8.07 Å². The van der Waals surface area contributed by atoms with E-state index in [1.165, 1.54) is 27.8 Å². The van der Waals surface area contributed by atoms with Crippen LogP contribution >= 0.6 is 0 Å². The van der Waals surface area contributed by atoms with Crippen LogP contribution in [-0.2, 0) is 0 Å². The summed E-state index contributed by atoms with van der Waals surface area (Å²) in [5.74, 6) is 0. The molecule has 2 aromatic rings. The van der Waals surface area contributed by atoms with Crippen LogP contribution in [-0.4, -0.2) is 8.07 Å². The monoisotopic (exact) mass is 252 g/mol. The van der Waals surface area contributed by atoms with E-state index < -0.39 is 8.07 Å². The highest BCUT2D eigenvalue weighted by Gasteiger charge is 2.38. The Morgan fingerprint density at radius 1 is 0.833 bits per heavy atom. The predicted molar refractivity (Wildman–Crippen MR) is 82.8 cm³/mol. The SMILES string of the molecule is Cc1cc2c(c(C)c1C)[Si](C)(C)c1ccccc1-2. The molecule has 18 heavy (non-hydrogen) atoms. The van der Waals surface area contributed by atoms with Crippen molar-refractivity contribution in [3.63, 3.8) is 0 Å². The lowest BCUT2D eigenvalue weighted by Gasteiger charge is -2.22. The zero-order valence-corrected chi connectivity index (χ0v) is 12.9. The van der Waals surface area contributed by atoms with Gasteiger partial charge < -0.3 is 0 Å². The van der Waals surface area contributed by atoms with E-state index in [0.29, 0.717) is 0 Å². The third-order valence-electron chi connectivity index (χ3n) is 4.67. The standard InChI is InChI=1S/C17H20Si/c1-11-10-15-14-8-6-7-9-16(14)18(4,5)17(15)13(3)12(11)2/h6-10H,1-5H3. The number of hydrogen-bond donors (Lipinski definition) is 0. The molecule has 92 valence electrons. The quantitative estimate of drug-likeness (QED) is 0.630. The van der Waals surface area contributed by atoms with Crippen LogP contribution in [0.25, 0.3) is 11.1 Å². The first-order valence-corrected chi connectivity index (χ1v) is 9.65. The van der Waals surface area contributed by atoms with Gasteiger partial charge in [0.2, 0.25) is 0 Å². The van der Waals surface area contributed by atoms with Crippen molar-refractivity contribution in [3.8, 4) is 11.1 Å². The van der Waals surface area contributed by atoms with Crippen molar-refractivity contribution in [1.29, 1.82) is 0 Å². The summed E-state index contributed by atoms with van der Waals surface area (Å²) < 4.78 is 0. The fourth-order valence-electron chi connectivity index (χ4n) is 3.50. The Kier molecular flexibility index (Phi) is 2.33. The molecule has 0 spiro atoms. The first-order chi connectivity index (χ1) is 8.44. The topological polar surface area (TPSA) is 0 Å². The lowest BCUT2D eigenvalue weighted by atomic mass is 9.96. The lowest BCUT2D eigenvalue weighted by Crippen LogP contribution is -2.50. The Morgan fingerprint density at radius 3 is 2.22 bits per heavy atom. The highest BCUT2D eigenvalue weighted by atomic mass is 28.3. The highest BCUT2D eigenvalue weighted by Crippen LogP contribution is 2.31. The Hall–Kier alpha value is -1.34. The smallest absolute Gasteiger partial charge is 0.0623 e. The van der Waals surface area contributed by atoms with Crippen molar-refractivity contribution < 1.29 is 0 Å². The third kappa shape index (κ3) is 1.31. The van der Waals surface area contributed by atoms with Gasteiger partial charge in [-0.15, -0.1) is 0 Å². The Morgan fingerprint density at radius 2 is 1.50 bits per heavy atom. The number of aryl methyl sites for hydroxylation is 1. The molecule has 0 aromatic heterocycles. The summed E-state index contributed by atoms with van der Waals surface area (Å²) >= 11 is 0. The van der Waals surface area contributed by atoms with Crippen LogP contribution in [0.2, 0.25) is 13.1 Å². The summed E-state index contributed by atoms with van der Waals surface area (Å²) in [5, 5.41) is 3.26. The second-order valence-corrected chi connectivity index (χ2v) is 10.3. The van der Waals surface area contributed by atoms with Gasteiger partial charge in [0.15, 0.2) is 0 Å². The Bertz CT molecular complexity index is 651. The summed E-state index contributed by atoms with van der Waals surface area (Å²) in [6, 6.07) is 11.4. The van der Waals surface area contributed by atoms with Gasteiger partial charge in [-0.25, -0.2) is 0 Å². The molecule has 3 rings (SSSR count). The molecule has 1 aliphatic heterocycles. The number of benzene rings is 2. The van der Waals surface area contributed by atoms with Crippen LogP contribution in [0.5, 0.6) is 0 Å². The number of fused-ring (bicyclic) bond motifs is 3. The molecule has 0 amide bonds. The maximum atomic E-state index is 2.49. The molecular weight excluding hydrogens is 232 g/mol. The van der Waals surface area contributed by atoms with E-state index in [4.69, 9.17) is 0 Å². The lowest BCUT2D eigenvalue weighted by molar-refractivity contribution is 1.28. The first kappa shape index (κ1) is 11.7. The average molecular weight is 252 g/mol. The van der Waals surface area contributed by atoms with E-state index in [0.717, 1.165) is 0 Å². The van der Waals surface area contributed by atoms with E-state index in [1.54, 1.807) is 10.4 Å². The number of rotatable bonds is 0. The maximum absolute atomic E-state index is 2.49. The van der Waals surface area contributed by atoms with Crippen molar-refractivity contribution >= 4 is 18.4 Å². The average Bonchev–Trinajstić information content (AvgIpc) is 2.56. The summed E-state index contributed by atoms with van der Waals surface area (Å²) in [4.78, 5) is 0. The fourth-order valence-corrected chi connectivity index (χ4v) is 7.18. The van der Waals surface area contributed by atoms with E-state index >= 15 is 0 Å². The molecule has 0 aliphatic carbocycles. The molecule has 0 nitrogen and oxygen atoms in total. The summed E-state index contributed by atoms with van der Waals surface area (Å²) in [6.45, 7) is 11.8. The van der Waals surface area contributed by atoms with Crippen molar-refractivity contribution in [2.24, 2.45) is 0 Å². The minimum absolute atomic E-state index is 1.42. The zero-order chi connectivity index (χ0) is 13.1. The van der Waals surface area contributed by atoms with E-state index in [1.807, 2.05) is 0 Å². The van der Waals surface area contributed by atoms with Crippen molar-refractivity contribution in [1.82, 2.24) is 0 Å². The maximum Gasteiger partial charge on any atom is 0.114 e. The van der Waals surface area contributed by atoms with Gasteiger partial charge in [0.05, 0.1) is 0 Å². The molecule has 0 saturated heterocycles. The molecule has 0 fully saturated rings. The van der Waals surface area contributed by atoms with Gasteiger partial charge in [0.25, 0.3) is 0 Å². The molecule has 0 N–H and O–H groups in total. The van der Waals surface area contributed by atoms with Crippen LogP contribution in [0, 0.1) is 20.8 Å². The van der Waals surface area contributed by atoms with Gasteiger partial charge in [0, 0.05) is 0 Å². The molecule has 0 atom stereocenters. The summed E-state index contributed by atoms with van der Waals surface area (Å²) in [7, 11) is -1.48. The van der Waals surface area contributed by atoms with E-state index in [2.05, 4.69) is 64.2 Å². The molecule has 0 bridgehead atoms. The molecule has 1 aliphatic rings. The van der Waals surface area contributed by atoms with Gasteiger partial charge in [-0.1, -0.05) is 43.4 Å². The normalized spacial score (nSPS) is 15.4. The van der Waals surface area contributed by atoms with Crippen molar-refractivity contribution in [2.75, 3.05) is 0 Å². The van der Waals surface area contributed by atoms with Crippen molar-refractivity contribution in [2.45, 2.75) is 33.9 Å². The molecule has 1 heterocycles. The van der Waals surface area contributed by atoms with Gasteiger partial charge in [-0.05, 0) is 59.0 Å². The second kappa shape index (κ2) is 3.58. The molecule has 0 radical (unpaired) electrons. The van der Waals surface area contributed by atoms with E-state index in [-0.39, 0.29) is 0 Å². The Balaban J connectivity index is 2.46. The number of hydrogen-bond acceptors (Lipinski definition) is 0. The molecule has 2 aromatic carbocycles. The van der Waals surface area contributed by atoms with Crippen LogP contribution in [0.1, 0.15) is 16.7 Å². The minimum atomic E-state index is -1.48. The van der Waals surface area contributed by atoms with Crippen molar-refractivity contribution in [3.05, 3.63) is 47.0 Å². The molecule has 0 saturated carbocycles. The fraction of sp³-hybridized carbons (Fsp3) is 0.294. The molecule has 0 unspecified atom stereocenters. The van der Waals surface area contributed by atoms with Crippen LogP contribution in [0.4, 0.5) is 0 Å². The third-order valence-corrected chi connectivity index (χ3v) is 8.35. The predicted octanol–water partition coefficient (Wildman–Crippen LogP) is 3.41. The van der Waals surface area contributed by atoms with Gasteiger partial charge in [-0.3, -0.25) is 0 Å². The Labute approximate surface area is 111 Å². The van der Waals surface area contributed by atoms with Gasteiger partial charge in [-0.2, -0.15) is 0 Å². The van der Waals surface area contributed by atoms with Crippen LogP contribution in [0.15, 0.2) is 30.3 Å². The highest BCUT2D eigenvalue weighted by molar-refractivity contribution is 7.04. The largest absolute Gasteiger partial charge is 0.114 e. The summed E-state index contributed by atoms with van der Waals surface area (Å²) in [6.07, 6.45) is 0. The van der Waals surface area contributed by atoms with E-state index in [9.17, 15) is 0 Å². The zero-order valence-electron chi connectivity index (χ0n) is 11.9. The summed E-state index contributed by atoms with van der Waals surface area (Å²) in [5.41, 5.74) is 7.41. The second-order valence-electron chi connectivity index (χ2n) is 6.04.